The van der Waals surface area contributed by atoms with Crippen molar-refractivity contribution in [3.05, 3.63) is 103 Å². The molecule has 0 atom stereocenters. The number of pyridine rings is 2. The number of aromatic nitrogens is 2. The third-order valence-electron chi connectivity index (χ3n) is 4.25. The van der Waals surface area contributed by atoms with E-state index >= 15 is 0 Å². The molecule has 0 radical (unpaired) electrons. The van der Waals surface area contributed by atoms with Crippen LogP contribution in [0.25, 0.3) is 11.1 Å². The van der Waals surface area contributed by atoms with Crippen LogP contribution in [0.15, 0.2) is 91.3 Å². The number of hydrogen-bond donors (Lipinski definition) is 2. The Morgan fingerprint density at radius 2 is 1.38 bits per heavy atom. The molecule has 2 heterocycles. The minimum absolute atomic E-state index is 0.219. The van der Waals surface area contributed by atoms with E-state index in [4.69, 9.17) is 0 Å². The zero-order valence-electron chi connectivity index (χ0n) is 15.3. The summed E-state index contributed by atoms with van der Waals surface area (Å²) in [6.45, 7) is 0. The molecule has 2 aromatic heterocycles. The third kappa shape index (κ3) is 4.62. The van der Waals surface area contributed by atoms with Crippen molar-refractivity contribution < 1.29 is 9.18 Å². The first kappa shape index (κ1) is 18.3. The third-order valence-corrected chi connectivity index (χ3v) is 4.25. The van der Waals surface area contributed by atoms with Gasteiger partial charge in [0.15, 0.2) is 0 Å². The van der Waals surface area contributed by atoms with Gasteiger partial charge in [0.2, 0.25) is 0 Å². The topological polar surface area (TPSA) is 66.9 Å². The maximum absolute atomic E-state index is 13.1. The van der Waals surface area contributed by atoms with Crippen molar-refractivity contribution in [3.8, 4) is 11.1 Å². The second kappa shape index (κ2) is 8.31. The van der Waals surface area contributed by atoms with Crippen LogP contribution in [0.2, 0.25) is 0 Å². The average Bonchev–Trinajstić information content (AvgIpc) is 2.76. The van der Waals surface area contributed by atoms with Gasteiger partial charge >= 0.3 is 0 Å². The number of rotatable bonds is 5. The van der Waals surface area contributed by atoms with Gasteiger partial charge in [-0.3, -0.25) is 4.79 Å². The largest absolute Gasteiger partial charge is 0.340 e. The van der Waals surface area contributed by atoms with Gasteiger partial charge < -0.3 is 10.6 Å². The molecule has 0 fully saturated rings. The van der Waals surface area contributed by atoms with Crippen LogP contribution in [0.4, 0.5) is 21.7 Å². The Morgan fingerprint density at radius 1 is 0.759 bits per heavy atom. The first-order valence-electron chi connectivity index (χ1n) is 8.99. The van der Waals surface area contributed by atoms with Crippen LogP contribution >= 0.6 is 0 Å². The number of halogens is 1. The summed E-state index contributed by atoms with van der Waals surface area (Å²) in [6, 6.07) is 22.4. The molecule has 2 N–H and O–H groups in total. The van der Waals surface area contributed by atoms with Crippen LogP contribution in [-0.4, -0.2) is 15.9 Å². The van der Waals surface area contributed by atoms with E-state index < -0.39 is 0 Å². The predicted molar refractivity (Wildman–Crippen MR) is 112 cm³/mol. The van der Waals surface area contributed by atoms with Crippen molar-refractivity contribution >= 4 is 23.2 Å². The minimum atomic E-state index is -0.292. The molecule has 1 amide bonds. The van der Waals surface area contributed by atoms with E-state index in [-0.39, 0.29) is 11.7 Å². The average molecular weight is 384 g/mol. The Morgan fingerprint density at radius 3 is 2.07 bits per heavy atom. The molecule has 0 saturated carbocycles. The van der Waals surface area contributed by atoms with E-state index in [0.29, 0.717) is 17.2 Å². The number of amides is 1. The molecule has 0 aliphatic heterocycles. The second-order valence-electron chi connectivity index (χ2n) is 6.31. The van der Waals surface area contributed by atoms with Gasteiger partial charge in [0.1, 0.15) is 17.5 Å². The highest BCUT2D eigenvalue weighted by Gasteiger charge is 2.08. The predicted octanol–water partition coefficient (Wildman–Crippen LogP) is 5.28. The number of nitrogens with zero attached hydrogens (tertiary/aromatic N) is 2. The molecule has 2 aromatic carbocycles. The van der Waals surface area contributed by atoms with Gasteiger partial charge in [-0.15, -0.1) is 0 Å². The van der Waals surface area contributed by atoms with E-state index in [1.807, 2.05) is 36.4 Å². The van der Waals surface area contributed by atoms with Crippen molar-refractivity contribution in [2.75, 3.05) is 10.6 Å². The van der Waals surface area contributed by atoms with Crippen molar-refractivity contribution in [1.82, 2.24) is 9.97 Å². The fourth-order valence-corrected chi connectivity index (χ4v) is 2.82. The van der Waals surface area contributed by atoms with E-state index in [1.165, 1.54) is 12.1 Å². The number of nitrogens with one attached hydrogen (secondary N) is 2. The number of carbonyl (C=O) groups excluding carboxylic acids is 1. The lowest BCUT2D eigenvalue weighted by Crippen LogP contribution is -2.12. The van der Waals surface area contributed by atoms with E-state index in [0.717, 1.165) is 16.8 Å². The second-order valence-corrected chi connectivity index (χ2v) is 6.31. The summed E-state index contributed by atoms with van der Waals surface area (Å²) < 4.78 is 13.1. The summed E-state index contributed by atoms with van der Waals surface area (Å²) in [5, 5.41) is 5.96. The summed E-state index contributed by atoms with van der Waals surface area (Å²) in [5.74, 6) is 0.574. The summed E-state index contributed by atoms with van der Waals surface area (Å²) >= 11 is 0. The van der Waals surface area contributed by atoms with Crippen molar-refractivity contribution in [1.29, 1.82) is 0 Å². The van der Waals surface area contributed by atoms with Crippen molar-refractivity contribution in [2.45, 2.75) is 0 Å². The monoisotopic (exact) mass is 384 g/mol. The summed E-state index contributed by atoms with van der Waals surface area (Å²) in [4.78, 5) is 20.9. The molecule has 0 bridgehead atoms. The summed E-state index contributed by atoms with van der Waals surface area (Å²) in [5.41, 5.74) is 3.09. The van der Waals surface area contributed by atoms with Gasteiger partial charge in [-0.1, -0.05) is 18.2 Å². The highest BCUT2D eigenvalue weighted by Crippen LogP contribution is 2.24. The molecule has 29 heavy (non-hydrogen) atoms. The number of benzene rings is 2. The molecule has 142 valence electrons. The van der Waals surface area contributed by atoms with Crippen LogP contribution in [0.3, 0.4) is 0 Å². The molecule has 6 heteroatoms. The van der Waals surface area contributed by atoms with E-state index in [9.17, 15) is 9.18 Å². The molecule has 0 saturated heterocycles. The van der Waals surface area contributed by atoms with Crippen molar-refractivity contribution in [2.24, 2.45) is 0 Å². The highest BCUT2D eigenvalue weighted by atomic mass is 19.1. The SMILES string of the molecule is O=C(Nc1cc(-c2ccnc(Nc3ccc(F)cc3)c2)ccn1)c1ccccc1. The molecule has 4 rings (SSSR count). The molecular weight excluding hydrogens is 367 g/mol. The maximum Gasteiger partial charge on any atom is 0.256 e. The van der Waals surface area contributed by atoms with Crippen LogP contribution in [0.5, 0.6) is 0 Å². The Balaban J connectivity index is 1.53. The number of anilines is 3. The lowest BCUT2D eigenvalue weighted by atomic mass is 10.1. The first-order chi connectivity index (χ1) is 14.2. The standard InChI is InChI=1S/C23H17FN4O/c24-19-6-8-20(9-7-19)27-21-14-17(10-12-25-21)18-11-13-26-22(15-18)28-23(29)16-4-2-1-3-5-16/h1-15H,(H,25,27)(H,26,28,29). The lowest BCUT2D eigenvalue weighted by molar-refractivity contribution is 0.102. The molecule has 0 aliphatic carbocycles. The van der Waals surface area contributed by atoms with Gasteiger partial charge in [0.25, 0.3) is 5.91 Å². The summed E-state index contributed by atoms with van der Waals surface area (Å²) in [7, 11) is 0. The van der Waals surface area contributed by atoms with Crippen LogP contribution in [0.1, 0.15) is 10.4 Å². The fourth-order valence-electron chi connectivity index (χ4n) is 2.82. The Bertz CT molecular complexity index is 1130. The van der Waals surface area contributed by atoms with Crippen molar-refractivity contribution in [3.63, 3.8) is 0 Å². The number of carbonyl (C=O) groups is 1. The van der Waals surface area contributed by atoms with E-state index in [2.05, 4.69) is 20.6 Å². The zero-order chi connectivity index (χ0) is 20.1. The smallest absolute Gasteiger partial charge is 0.256 e. The Hall–Kier alpha value is -4.06. The maximum atomic E-state index is 13.1. The lowest BCUT2D eigenvalue weighted by Gasteiger charge is -2.09. The fraction of sp³-hybridized carbons (Fsp3) is 0. The first-order valence-corrected chi connectivity index (χ1v) is 8.99. The zero-order valence-corrected chi connectivity index (χ0v) is 15.3. The van der Waals surface area contributed by atoms with Crippen LogP contribution < -0.4 is 10.6 Å². The Kier molecular flexibility index (Phi) is 5.25. The highest BCUT2D eigenvalue weighted by molar-refractivity contribution is 6.03. The molecular formula is C23H17FN4O. The normalized spacial score (nSPS) is 10.4. The van der Waals surface area contributed by atoms with Gasteiger partial charge in [0, 0.05) is 23.6 Å². The minimum Gasteiger partial charge on any atom is -0.340 e. The van der Waals surface area contributed by atoms with Crippen LogP contribution in [0, 0.1) is 5.82 Å². The number of hydrogen-bond acceptors (Lipinski definition) is 4. The van der Waals surface area contributed by atoms with Gasteiger partial charge in [-0.2, -0.15) is 0 Å². The molecule has 0 unspecified atom stereocenters. The van der Waals surface area contributed by atoms with E-state index in [1.54, 1.807) is 42.7 Å². The quantitative estimate of drug-likeness (QED) is 0.491. The Labute approximate surface area is 167 Å². The van der Waals surface area contributed by atoms with Gasteiger partial charge in [0.05, 0.1) is 0 Å². The molecule has 0 spiro atoms. The van der Waals surface area contributed by atoms with Gasteiger partial charge in [-0.25, -0.2) is 14.4 Å². The van der Waals surface area contributed by atoms with Gasteiger partial charge in [-0.05, 0) is 71.8 Å². The summed E-state index contributed by atoms with van der Waals surface area (Å²) in [6.07, 6.45) is 3.33. The van der Waals surface area contributed by atoms with Crippen LogP contribution in [-0.2, 0) is 0 Å². The molecule has 5 nitrogen and oxygen atoms in total. The molecule has 4 aromatic rings. The molecule has 0 aliphatic rings.